The molecule has 1 aromatic rings. The summed E-state index contributed by atoms with van der Waals surface area (Å²) in [5.41, 5.74) is 2.38. The number of carbonyl (C=O) groups is 1. The lowest BCUT2D eigenvalue weighted by molar-refractivity contribution is -0.128. The fraction of sp³-hybridized carbons (Fsp3) is 0.619. The average Bonchev–Trinajstić information content (AvgIpc) is 3.02. The molecule has 0 spiro atoms. The van der Waals surface area contributed by atoms with Gasteiger partial charge < -0.3 is 15.5 Å². The van der Waals surface area contributed by atoms with E-state index < -0.39 is 0 Å². The van der Waals surface area contributed by atoms with Crippen LogP contribution in [0.1, 0.15) is 57.6 Å². The van der Waals surface area contributed by atoms with Crippen LogP contribution in [0, 0.1) is 5.92 Å². The second-order valence-corrected chi connectivity index (χ2v) is 7.35. The molecular weight excluding hydrogens is 324 g/mol. The molecule has 2 N–H and O–H groups in total. The zero-order valence-corrected chi connectivity index (χ0v) is 16.6. The van der Waals surface area contributed by atoms with E-state index in [9.17, 15) is 4.79 Å². The summed E-state index contributed by atoms with van der Waals surface area (Å²) in [6, 6.07) is 8.31. The van der Waals surface area contributed by atoms with Crippen molar-refractivity contribution in [2.45, 2.75) is 59.5 Å². The molecule has 1 heterocycles. The van der Waals surface area contributed by atoms with Gasteiger partial charge in [-0.3, -0.25) is 4.79 Å². The second kappa shape index (κ2) is 10.8. The summed E-state index contributed by atoms with van der Waals surface area (Å²) >= 11 is 0. The van der Waals surface area contributed by atoms with Crippen LogP contribution < -0.4 is 10.6 Å². The molecule has 0 saturated carbocycles. The van der Waals surface area contributed by atoms with Gasteiger partial charge in [0, 0.05) is 32.6 Å². The third-order valence-corrected chi connectivity index (χ3v) is 4.65. The first-order valence-electron chi connectivity index (χ1n) is 9.97. The number of guanidine groups is 1. The minimum Gasteiger partial charge on any atom is -0.357 e. The van der Waals surface area contributed by atoms with Gasteiger partial charge in [-0.15, -0.1) is 0 Å². The van der Waals surface area contributed by atoms with Gasteiger partial charge in [-0.2, -0.15) is 0 Å². The minimum atomic E-state index is 0.267. The summed E-state index contributed by atoms with van der Waals surface area (Å²) in [4.78, 5) is 18.6. The number of rotatable bonds is 9. The summed E-state index contributed by atoms with van der Waals surface area (Å²) in [6.07, 6.45) is 4.03. The van der Waals surface area contributed by atoms with Crippen molar-refractivity contribution in [1.82, 2.24) is 15.5 Å². The summed E-state index contributed by atoms with van der Waals surface area (Å²) in [5, 5.41) is 6.74. The molecular formula is C21H34N4O. The Balaban J connectivity index is 1.96. The van der Waals surface area contributed by atoms with Crippen molar-refractivity contribution in [2.75, 3.05) is 19.6 Å². The Hall–Kier alpha value is -2.04. The second-order valence-electron chi connectivity index (χ2n) is 7.35. The maximum absolute atomic E-state index is 11.9. The van der Waals surface area contributed by atoms with Crippen LogP contribution in [-0.2, 0) is 17.9 Å². The van der Waals surface area contributed by atoms with E-state index in [1.54, 1.807) is 0 Å². The number of aliphatic imine (C=N–C) groups is 1. The molecule has 1 amide bonds. The molecule has 0 atom stereocenters. The lowest BCUT2D eigenvalue weighted by Crippen LogP contribution is -2.37. The Morgan fingerprint density at radius 1 is 1.23 bits per heavy atom. The van der Waals surface area contributed by atoms with Gasteiger partial charge in [-0.1, -0.05) is 38.1 Å². The van der Waals surface area contributed by atoms with Crippen molar-refractivity contribution in [3.05, 3.63) is 35.4 Å². The SMILES string of the molecule is CCNC(=NCc1ccccc1CN1CCCC1=O)NCCCC(C)C. The Labute approximate surface area is 158 Å². The molecule has 1 saturated heterocycles. The molecule has 2 rings (SSSR count). The maximum Gasteiger partial charge on any atom is 0.222 e. The van der Waals surface area contributed by atoms with Crippen LogP contribution in [0.15, 0.2) is 29.3 Å². The van der Waals surface area contributed by atoms with E-state index in [0.717, 1.165) is 44.4 Å². The predicted molar refractivity (Wildman–Crippen MR) is 108 cm³/mol. The number of likely N-dealkylation sites (tertiary alicyclic amines) is 1. The molecule has 0 bridgehead atoms. The molecule has 1 fully saturated rings. The summed E-state index contributed by atoms with van der Waals surface area (Å²) in [7, 11) is 0. The van der Waals surface area contributed by atoms with E-state index in [1.807, 2.05) is 17.0 Å². The summed E-state index contributed by atoms with van der Waals surface area (Å²) in [6.45, 7) is 10.6. The van der Waals surface area contributed by atoms with E-state index in [4.69, 9.17) is 4.99 Å². The van der Waals surface area contributed by atoms with E-state index >= 15 is 0 Å². The number of nitrogens with one attached hydrogen (secondary N) is 2. The van der Waals surface area contributed by atoms with Crippen molar-refractivity contribution < 1.29 is 4.79 Å². The van der Waals surface area contributed by atoms with E-state index in [1.165, 1.54) is 17.5 Å². The zero-order valence-electron chi connectivity index (χ0n) is 16.6. The molecule has 0 radical (unpaired) electrons. The van der Waals surface area contributed by atoms with Crippen LogP contribution in [0.25, 0.3) is 0 Å². The normalized spacial score (nSPS) is 15.0. The standard InChI is InChI=1S/C21H34N4O/c1-4-22-21(23-13-7-9-17(2)3)24-15-18-10-5-6-11-19(18)16-25-14-8-12-20(25)26/h5-6,10-11,17H,4,7-9,12-16H2,1-3H3,(H2,22,23,24). The topological polar surface area (TPSA) is 56.7 Å². The number of carbonyl (C=O) groups excluding carboxylic acids is 1. The van der Waals surface area contributed by atoms with Crippen LogP contribution in [0.3, 0.4) is 0 Å². The van der Waals surface area contributed by atoms with Gasteiger partial charge in [-0.25, -0.2) is 4.99 Å². The first-order chi connectivity index (χ1) is 12.6. The Morgan fingerprint density at radius 2 is 2.00 bits per heavy atom. The number of hydrogen-bond acceptors (Lipinski definition) is 2. The fourth-order valence-electron chi connectivity index (χ4n) is 3.17. The number of nitrogens with zero attached hydrogens (tertiary/aromatic N) is 2. The van der Waals surface area contributed by atoms with Gasteiger partial charge >= 0.3 is 0 Å². The molecule has 1 aromatic carbocycles. The van der Waals surface area contributed by atoms with E-state index in [2.05, 4.69) is 43.5 Å². The first kappa shape index (κ1) is 20.3. The maximum atomic E-state index is 11.9. The molecule has 5 nitrogen and oxygen atoms in total. The van der Waals surface area contributed by atoms with Crippen LogP contribution in [-0.4, -0.2) is 36.4 Å². The lowest BCUT2D eigenvalue weighted by atomic mass is 10.1. The van der Waals surface area contributed by atoms with E-state index in [0.29, 0.717) is 19.5 Å². The molecule has 0 aromatic heterocycles. The first-order valence-corrected chi connectivity index (χ1v) is 9.97. The van der Waals surface area contributed by atoms with E-state index in [-0.39, 0.29) is 5.91 Å². The van der Waals surface area contributed by atoms with Gasteiger partial charge in [0.25, 0.3) is 0 Å². The largest absolute Gasteiger partial charge is 0.357 e. The summed E-state index contributed by atoms with van der Waals surface area (Å²) < 4.78 is 0. The third-order valence-electron chi connectivity index (χ3n) is 4.65. The van der Waals surface area contributed by atoms with Gasteiger partial charge in [0.2, 0.25) is 5.91 Å². The predicted octanol–water partition coefficient (Wildman–Crippen LogP) is 3.30. The summed E-state index contributed by atoms with van der Waals surface area (Å²) in [5.74, 6) is 1.86. The lowest BCUT2D eigenvalue weighted by Gasteiger charge is -2.18. The van der Waals surface area contributed by atoms with Gasteiger partial charge in [-0.05, 0) is 43.2 Å². The zero-order chi connectivity index (χ0) is 18.8. The molecule has 0 aliphatic carbocycles. The molecule has 0 unspecified atom stereocenters. The van der Waals surface area contributed by atoms with Crippen molar-refractivity contribution >= 4 is 11.9 Å². The third kappa shape index (κ3) is 6.70. The highest BCUT2D eigenvalue weighted by atomic mass is 16.2. The molecule has 26 heavy (non-hydrogen) atoms. The minimum absolute atomic E-state index is 0.267. The number of hydrogen-bond donors (Lipinski definition) is 2. The molecule has 1 aliphatic rings. The van der Waals surface area contributed by atoms with Crippen LogP contribution >= 0.6 is 0 Å². The van der Waals surface area contributed by atoms with Gasteiger partial charge in [0.1, 0.15) is 0 Å². The Bertz CT molecular complexity index is 597. The number of benzene rings is 1. The van der Waals surface area contributed by atoms with Crippen LogP contribution in [0.2, 0.25) is 0 Å². The molecule has 5 heteroatoms. The fourth-order valence-corrected chi connectivity index (χ4v) is 3.17. The average molecular weight is 359 g/mol. The highest BCUT2D eigenvalue weighted by molar-refractivity contribution is 5.79. The molecule has 144 valence electrons. The Kier molecular flexibility index (Phi) is 8.45. The van der Waals surface area contributed by atoms with Crippen molar-refractivity contribution in [2.24, 2.45) is 10.9 Å². The quantitative estimate of drug-likeness (QED) is 0.404. The highest BCUT2D eigenvalue weighted by Crippen LogP contribution is 2.17. The smallest absolute Gasteiger partial charge is 0.222 e. The monoisotopic (exact) mass is 358 g/mol. The Morgan fingerprint density at radius 3 is 2.65 bits per heavy atom. The molecule has 1 aliphatic heterocycles. The van der Waals surface area contributed by atoms with Gasteiger partial charge in [0.05, 0.1) is 6.54 Å². The van der Waals surface area contributed by atoms with Gasteiger partial charge in [0.15, 0.2) is 5.96 Å². The van der Waals surface area contributed by atoms with Crippen LogP contribution in [0.4, 0.5) is 0 Å². The van der Waals surface area contributed by atoms with Crippen LogP contribution in [0.5, 0.6) is 0 Å². The number of amides is 1. The highest BCUT2D eigenvalue weighted by Gasteiger charge is 2.20. The van der Waals surface area contributed by atoms with Crippen molar-refractivity contribution in [3.63, 3.8) is 0 Å². The van der Waals surface area contributed by atoms with Crippen molar-refractivity contribution in [1.29, 1.82) is 0 Å². The van der Waals surface area contributed by atoms with Crippen molar-refractivity contribution in [3.8, 4) is 0 Å².